The molecule has 7 heteroatoms. The maximum Gasteiger partial charge on any atom is 0.257 e. The third-order valence-electron chi connectivity index (χ3n) is 4.14. The van der Waals surface area contributed by atoms with Gasteiger partial charge in [-0.15, -0.1) is 12.4 Å². The topological polar surface area (TPSA) is 80.0 Å². The van der Waals surface area contributed by atoms with Crippen molar-refractivity contribution in [2.24, 2.45) is 11.8 Å². The Bertz CT molecular complexity index is 643. The van der Waals surface area contributed by atoms with Gasteiger partial charge in [-0.25, -0.2) is 0 Å². The van der Waals surface area contributed by atoms with Crippen molar-refractivity contribution in [3.05, 3.63) is 36.2 Å². The fourth-order valence-corrected chi connectivity index (χ4v) is 2.40. The van der Waals surface area contributed by atoms with E-state index < -0.39 is 0 Å². The quantitative estimate of drug-likeness (QED) is 0.875. The van der Waals surface area contributed by atoms with Crippen LogP contribution in [-0.4, -0.2) is 29.1 Å². The first-order chi connectivity index (χ1) is 10.6. The van der Waals surface area contributed by atoms with Crippen LogP contribution in [0.4, 0.5) is 0 Å². The van der Waals surface area contributed by atoms with Crippen molar-refractivity contribution >= 4 is 18.3 Å². The number of rotatable bonds is 5. The van der Waals surface area contributed by atoms with Crippen LogP contribution in [0.5, 0.6) is 0 Å². The first kappa shape index (κ1) is 17.4. The molecule has 23 heavy (non-hydrogen) atoms. The van der Waals surface area contributed by atoms with Crippen LogP contribution in [0.2, 0.25) is 0 Å². The van der Waals surface area contributed by atoms with Crippen LogP contribution in [0.25, 0.3) is 11.5 Å². The van der Waals surface area contributed by atoms with E-state index in [1.807, 2.05) is 44.2 Å². The van der Waals surface area contributed by atoms with Gasteiger partial charge < -0.3 is 15.2 Å². The number of benzene rings is 1. The van der Waals surface area contributed by atoms with E-state index in [0.29, 0.717) is 17.6 Å². The highest BCUT2D eigenvalue weighted by Crippen LogP contribution is 2.20. The van der Waals surface area contributed by atoms with Crippen molar-refractivity contribution in [3.8, 4) is 11.5 Å². The van der Waals surface area contributed by atoms with Gasteiger partial charge in [-0.05, 0) is 38.1 Å². The van der Waals surface area contributed by atoms with Gasteiger partial charge in [0, 0.05) is 11.5 Å². The molecule has 0 aliphatic carbocycles. The van der Waals surface area contributed by atoms with E-state index in [4.69, 9.17) is 4.52 Å². The number of carbonyl (C=O) groups is 1. The molecule has 0 spiro atoms. The molecule has 1 aliphatic heterocycles. The molecule has 1 aliphatic rings. The highest BCUT2D eigenvalue weighted by molar-refractivity contribution is 5.85. The largest absolute Gasteiger partial charge is 0.346 e. The van der Waals surface area contributed by atoms with Crippen LogP contribution in [-0.2, 0) is 4.79 Å². The smallest absolute Gasteiger partial charge is 0.257 e. The molecule has 1 fully saturated rings. The average molecular weight is 337 g/mol. The maximum absolute atomic E-state index is 12.2. The number of amides is 1. The fourth-order valence-electron chi connectivity index (χ4n) is 2.40. The number of nitrogens with one attached hydrogen (secondary N) is 2. The molecule has 2 atom stereocenters. The molecule has 2 unspecified atom stereocenters. The molecule has 0 bridgehead atoms. The van der Waals surface area contributed by atoms with Gasteiger partial charge in [0.1, 0.15) is 0 Å². The van der Waals surface area contributed by atoms with E-state index in [2.05, 4.69) is 20.8 Å². The van der Waals surface area contributed by atoms with E-state index in [-0.39, 0.29) is 30.3 Å². The lowest BCUT2D eigenvalue weighted by molar-refractivity contribution is -0.127. The number of aromatic nitrogens is 2. The number of halogens is 1. The summed E-state index contributed by atoms with van der Waals surface area (Å²) in [5.41, 5.74) is 0.869. The summed E-state index contributed by atoms with van der Waals surface area (Å²) < 4.78 is 5.27. The van der Waals surface area contributed by atoms with Crippen LogP contribution < -0.4 is 10.6 Å². The number of carbonyl (C=O) groups excluding carboxylic acids is 1. The summed E-state index contributed by atoms with van der Waals surface area (Å²) >= 11 is 0. The van der Waals surface area contributed by atoms with Crippen LogP contribution in [0.15, 0.2) is 34.9 Å². The van der Waals surface area contributed by atoms with Gasteiger partial charge in [0.25, 0.3) is 5.89 Å². The molecule has 0 radical (unpaired) electrons. The second-order valence-electron chi connectivity index (χ2n) is 5.76. The Balaban J connectivity index is 0.00000192. The van der Waals surface area contributed by atoms with Gasteiger partial charge >= 0.3 is 0 Å². The summed E-state index contributed by atoms with van der Waals surface area (Å²) in [4.78, 5) is 16.6. The fraction of sp³-hybridized carbons (Fsp3) is 0.438. The summed E-state index contributed by atoms with van der Waals surface area (Å²) in [6, 6.07) is 9.31. The average Bonchev–Trinajstić information content (AvgIpc) is 2.96. The van der Waals surface area contributed by atoms with E-state index in [0.717, 1.165) is 18.7 Å². The minimum absolute atomic E-state index is 0. The SMILES string of the molecule is CC(NC(=O)C(C)C1CNC1)c1noc(-c2ccccc2)n1.Cl. The standard InChI is InChI=1S/C16H20N4O2.ClH/c1-10(13-8-17-9-13)15(21)18-11(2)14-19-16(22-20-14)12-6-4-3-5-7-12;/h3-7,10-11,13,17H,8-9H2,1-2H3,(H,18,21);1H. The molecular formula is C16H21ClN4O2. The molecule has 1 aromatic heterocycles. The molecular weight excluding hydrogens is 316 g/mol. The maximum atomic E-state index is 12.2. The van der Waals surface area contributed by atoms with Crippen LogP contribution >= 0.6 is 12.4 Å². The van der Waals surface area contributed by atoms with Crippen molar-refractivity contribution in [1.82, 2.24) is 20.8 Å². The normalized spacial score (nSPS) is 16.8. The zero-order valence-electron chi connectivity index (χ0n) is 13.2. The molecule has 1 amide bonds. The third-order valence-corrected chi connectivity index (χ3v) is 4.14. The lowest BCUT2D eigenvalue weighted by Gasteiger charge is -2.32. The number of nitrogens with zero attached hydrogens (tertiary/aromatic N) is 2. The van der Waals surface area contributed by atoms with Gasteiger partial charge in [0.05, 0.1) is 6.04 Å². The van der Waals surface area contributed by atoms with Crippen molar-refractivity contribution in [2.75, 3.05) is 13.1 Å². The van der Waals surface area contributed by atoms with Crippen LogP contribution in [0, 0.1) is 11.8 Å². The molecule has 6 nitrogen and oxygen atoms in total. The predicted octanol–water partition coefficient (Wildman–Crippen LogP) is 2.19. The Hall–Kier alpha value is -1.92. The molecule has 124 valence electrons. The molecule has 1 saturated heterocycles. The van der Waals surface area contributed by atoms with E-state index in [1.165, 1.54) is 0 Å². The molecule has 2 aromatic rings. The highest BCUT2D eigenvalue weighted by atomic mass is 35.5. The van der Waals surface area contributed by atoms with Crippen molar-refractivity contribution in [1.29, 1.82) is 0 Å². The zero-order valence-corrected chi connectivity index (χ0v) is 14.0. The summed E-state index contributed by atoms with van der Waals surface area (Å²) in [7, 11) is 0. The highest BCUT2D eigenvalue weighted by Gasteiger charge is 2.30. The second kappa shape index (κ2) is 7.57. The summed E-state index contributed by atoms with van der Waals surface area (Å²) in [6.45, 7) is 5.63. The van der Waals surface area contributed by atoms with Gasteiger partial charge in [0.2, 0.25) is 5.91 Å². The predicted molar refractivity (Wildman–Crippen MR) is 89.1 cm³/mol. The van der Waals surface area contributed by atoms with E-state index in [9.17, 15) is 4.79 Å². The zero-order chi connectivity index (χ0) is 15.5. The van der Waals surface area contributed by atoms with Crippen molar-refractivity contribution < 1.29 is 9.32 Å². The van der Waals surface area contributed by atoms with E-state index >= 15 is 0 Å². The van der Waals surface area contributed by atoms with Crippen molar-refractivity contribution in [3.63, 3.8) is 0 Å². The van der Waals surface area contributed by atoms with Gasteiger partial charge in [-0.2, -0.15) is 4.98 Å². The molecule has 0 saturated carbocycles. The molecule has 3 rings (SSSR count). The van der Waals surface area contributed by atoms with Gasteiger partial charge in [-0.1, -0.05) is 30.3 Å². The second-order valence-corrected chi connectivity index (χ2v) is 5.76. The summed E-state index contributed by atoms with van der Waals surface area (Å²) in [5, 5.41) is 10.1. The monoisotopic (exact) mass is 336 g/mol. The van der Waals surface area contributed by atoms with Gasteiger partial charge in [0.15, 0.2) is 5.82 Å². The first-order valence-corrected chi connectivity index (χ1v) is 7.55. The lowest BCUT2D eigenvalue weighted by atomic mass is 9.88. The Morgan fingerprint density at radius 3 is 2.61 bits per heavy atom. The number of hydrogen-bond acceptors (Lipinski definition) is 5. The Morgan fingerprint density at radius 2 is 2.00 bits per heavy atom. The first-order valence-electron chi connectivity index (χ1n) is 7.55. The molecule has 2 heterocycles. The Labute approximate surface area is 141 Å². The van der Waals surface area contributed by atoms with E-state index in [1.54, 1.807) is 0 Å². The third kappa shape index (κ3) is 3.89. The Morgan fingerprint density at radius 1 is 1.30 bits per heavy atom. The number of hydrogen-bond donors (Lipinski definition) is 2. The molecule has 2 N–H and O–H groups in total. The van der Waals surface area contributed by atoms with Crippen molar-refractivity contribution in [2.45, 2.75) is 19.9 Å². The minimum atomic E-state index is -0.274. The lowest BCUT2D eigenvalue weighted by Crippen LogP contribution is -2.49. The Kier molecular flexibility index (Phi) is 5.74. The van der Waals surface area contributed by atoms with Crippen LogP contribution in [0.1, 0.15) is 25.7 Å². The summed E-state index contributed by atoms with van der Waals surface area (Å²) in [5.74, 6) is 1.39. The van der Waals surface area contributed by atoms with Crippen LogP contribution in [0.3, 0.4) is 0 Å². The van der Waals surface area contributed by atoms with Gasteiger partial charge in [-0.3, -0.25) is 4.79 Å². The molecule has 1 aromatic carbocycles. The minimum Gasteiger partial charge on any atom is -0.346 e. The summed E-state index contributed by atoms with van der Waals surface area (Å²) in [6.07, 6.45) is 0.